The first-order valence-electron chi connectivity index (χ1n) is 9.55. The van der Waals surface area contributed by atoms with E-state index in [9.17, 15) is 19.2 Å². The molecule has 3 heterocycles. The highest BCUT2D eigenvalue weighted by Crippen LogP contribution is 2.35. The fourth-order valence-corrected chi connectivity index (χ4v) is 5.06. The number of aromatic nitrogens is 2. The summed E-state index contributed by atoms with van der Waals surface area (Å²) in [5, 5.41) is 3.26. The van der Waals surface area contributed by atoms with Crippen molar-refractivity contribution in [1.29, 1.82) is 0 Å². The van der Waals surface area contributed by atoms with Gasteiger partial charge in [-0.25, -0.2) is 9.78 Å². The monoisotopic (exact) mass is 418 g/mol. The van der Waals surface area contributed by atoms with Gasteiger partial charge in [-0.05, 0) is 39.2 Å². The van der Waals surface area contributed by atoms with Gasteiger partial charge in [0.05, 0.1) is 5.39 Å². The Labute approximate surface area is 170 Å². The third kappa shape index (κ3) is 3.21. The molecule has 1 aliphatic carbocycles. The number of hydrogen-bond acceptors (Lipinski definition) is 7. The van der Waals surface area contributed by atoms with Crippen LogP contribution in [-0.2, 0) is 14.3 Å². The highest BCUT2D eigenvalue weighted by molar-refractivity contribution is 7.18. The van der Waals surface area contributed by atoms with Crippen molar-refractivity contribution in [3.05, 3.63) is 26.6 Å². The molecule has 154 valence electrons. The number of nitrogens with one attached hydrogen (secondary N) is 2. The van der Waals surface area contributed by atoms with Crippen LogP contribution >= 0.6 is 11.3 Å². The molecular formula is C19H22N4O5S. The van der Waals surface area contributed by atoms with Gasteiger partial charge in [0.25, 0.3) is 11.5 Å². The van der Waals surface area contributed by atoms with E-state index in [0.717, 1.165) is 28.2 Å². The number of ether oxygens (including phenoxy) is 1. The molecule has 29 heavy (non-hydrogen) atoms. The Bertz CT molecular complexity index is 1080. The van der Waals surface area contributed by atoms with E-state index < -0.39 is 30.2 Å². The third-order valence-corrected chi connectivity index (χ3v) is 6.84. The number of imide groups is 1. The first-order chi connectivity index (χ1) is 13.7. The van der Waals surface area contributed by atoms with E-state index in [1.165, 1.54) is 11.3 Å². The van der Waals surface area contributed by atoms with Gasteiger partial charge in [0, 0.05) is 4.88 Å². The lowest BCUT2D eigenvalue weighted by Gasteiger charge is -2.20. The molecule has 2 aromatic heterocycles. The van der Waals surface area contributed by atoms with Crippen LogP contribution in [0.2, 0.25) is 0 Å². The summed E-state index contributed by atoms with van der Waals surface area (Å²) >= 11 is 1.40. The Morgan fingerprint density at radius 3 is 2.66 bits per heavy atom. The van der Waals surface area contributed by atoms with Crippen molar-refractivity contribution in [3.8, 4) is 0 Å². The average molecular weight is 418 g/mol. The van der Waals surface area contributed by atoms with E-state index in [2.05, 4.69) is 15.3 Å². The topological polar surface area (TPSA) is 121 Å². The van der Waals surface area contributed by atoms with Crippen molar-refractivity contribution >= 4 is 39.5 Å². The van der Waals surface area contributed by atoms with E-state index in [1.54, 1.807) is 6.92 Å². The Hall–Kier alpha value is -2.75. The van der Waals surface area contributed by atoms with E-state index >= 15 is 0 Å². The normalized spacial score (nSPS) is 19.2. The molecule has 1 saturated heterocycles. The molecule has 3 amide bonds. The van der Waals surface area contributed by atoms with Crippen molar-refractivity contribution < 1.29 is 19.1 Å². The number of aryl methyl sites for hydroxylation is 2. The Morgan fingerprint density at radius 1 is 1.28 bits per heavy atom. The van der Waals surface area contributed by atoms with Crippen LogP contribution in [0.5, 0.6) is 0 Å². The summed E-state index contributed by atoms with van der Waals surface area (Å²) in [6.07, 6.45) is 2.08. The zero-order valence-electron chi connectivity index (χ0n) is 16.5. The number of carbonyl (C=O) groups is 3. The third-order valence-electron chi connectivity index (χ3n) is 5.74. The molecule has 9 nitrogen and oxygen atoms in total. The standard InChI is InChI=1S/C19H22N4O5S/c1-9-11(3)29-16-13(9)15(25)20-14(21-16)10(2)28-12(24)8-23-17(26)19(22-18(23)27)6-4-5-7-19/h10H,4-8H2,1-3H3,(H,22,27)(H,20,21,25)/t10-/m0/s1. The maximum absolute atomic E-state index is 12.6. The highest BCUT2D eigenvalue weighted by Gasteiger charge is 2.52. The van der Waals surface area contributed by atoms with Crippen molar-refractivity contribution in [1.82, 2.24) is 20.2 Å². The van der Waals surface area contributed by atoms with E-state index in [4.69, 9.17) is 4.74 Å². The van der Waals surface area contributed by atoms with Crippen molar-refractivity contribution in [2.24, 2.45) is 0 Å². The number of urea groups is 1. The molecule has 1 aliphatic heterocycles. The first-order valence-corrected chi connectivity index (χ1v) is 10.4. The number of nitrogens with zero attached hydrogens (tertiary/aromatic N) is 2. The minimum atomic E-state index is -0.865. The van der Waals surface area contributed by atoms with Gasteiger partial charge >= 0.3 is 12.0 Å². The van der Waals surface area contributed by atoms with Crippen LogP contribution in [0.4, 0.5) is 4.79 Å². The van der Waals surface area contributed by atoms with Gasteiger partial charge in [0.15, 0.2) is 11.9 Å². The van der Waals surface area contributed by atoms with Gasteiger partial charge in [-0.1, -0.05) is 12.8 Å². The molecular weight excluding hydrogens is 396 g/mol. The molecule has 1 spiro atoms. The SMILES string of the molecule is Cc1sc2nc([C@H](C)OC(=O)CN3C(=O)NC4(CCCC4)C3=O)[nH]c(=O)c2c1C. The highest BCUT2D eigenvalue weighted by atomic mass is 32.1. The van der Waals surface area contributed by atoms with Crippen molar-refractivity contribution in [3.63, 3.8) is 0 Å². The zero-order valence-corrected chi connectivity index (χ0v) is 17.3. The number of rotatable bonds is 4. The number of esters is 1. The van der Waals surface area contributed by atoms with Crippen molar-refractivity contribution in [2.45, 2.75) is 58.1 Å². The number of fused-ring (bicyclic) bond motifs is 1. The van der Waals surface area contributed by atoms with Crippen LogP contribution < -0.4 is 10.9 Å². The van der Waals surface area contributed by atoms with Gasteiger partial charge in [0.1, 0.15) is 16.9 Å². The summed E-state index contributed by atoms with van der Waals surface area (Å²) in [6.45, 7) is 4.89. The van der Waals surface area contributed by atoms with Crippen LogP contribution in [0.3, 0.4) is 0 Å². The molecule has 0 unspecified atom stereocenters. The second kappa shape index (κ2) is 6.94. The molecule has 0 bridgehead atoms. The fourth-order valence-electron chi connectivity index (χ4n) is 4.02. The Balaban J connectivity index is 1.47. The Kier molecular flexibility index (Phi) is 4.68. The van der Waals surface area contributed by atoms with Crippen LogP contribution in [0.1, 0.15) is 55.0 Å². The molecule has 2 aromatic rings. The summed E-state index contributed by atoms with van der Waals surface area (Å²) in [5.74, 6) is -0.888. The molecule has 2 fully saturated rings. The maximum Gasteiger partial charge on any atom is 0.326 e. The molecule has 2 aliphatic rings. The second-order valence-electron chi connectivity index (χ2n) is 7.66. The predicted molar refractivity (Wildman–Crippen MR) is 106 cm³/mol. The quantitative estimate of drug-likeness (QED) is 0.579. The smallest absolute Gasteiger partial charge is 0.326 e. The van der Waals surface area contributed by atoms with Gasteiger partial charge < -0.3 is 15.0 Å². The summed E-state index contributed by atoms with van der Waals surface area (Å²) in [7, 11) is 0. The number of H-pyrrole nitrogens is 1. The largest absolute Gasteiger partial charge is 0.453 e. The summed E-state index contributed by atoms with van der Waals surface area (Å²) in [6, 6.07) is -0.570. The van der Waals surface area contributed by atoms with E-state index in [-0.39, 0.29) is 17.3 Å². The lowest BCUT2D eigenvalue weighted by Crippen LogP contribution is -2.44. The Morgan fingerprint density at radius 2 is 1.97 bits per heavy atom. The lowest BCUT2D eigenvalue weighted by molar-refractivity contribution is -0.152. The number of aromatic amines is 1. The molecule has 2 N–H and O–H groups in total. The van der Waals surface area contributed by atoms with Gasteiger partial charge in [-0.3, -0.25) is 19.3 Å². The molecule has 1 atom stereocenters. The first kappa shape index (κ1) is 19.6. The molecule has 4 rings (SSSR count). The van der Waals surface area contributed by atoms with Gasteiger partial charge in [0.2, 0.25) is 0 Å². The van der Waals surface area contributed by atoms with Gasteiger partial charge in [-0.15, -0.1) is 11.3 Å². The van der Waals surface area contributed by atoms with Crippen LogP contribution in [0, 0.1) is 13.8 Å². The number of thiophene rings is 1. The number of hydrogen-bond donors (Lipinski definition) is 2. The lowest BCUT2D eigenvalue weighted by atomic mass is 9.98. The average Bonchev–Trinajstić information content (AvgIpc) is 3.30. The van der Waals surface area contributed by atoms with Gasteiger partial charge in [-0.2, -0.15) is 0 Å². The summed E-state index contributed by atoms with van der Waals surface area (Å²) < 4.78 is 5.35. The molecule has 1 saturated carbocycles. The van der Waals surface area contributed by atoms with E-state index in [1.807, 2.05) is 13.8 Å². The minimum Gasteiger partial charge on any atom is -0.453 e. The zero-order chi connectivity index (χ0) is 20.9. The second-order valence-corrected chi connectivity index (χ2v) is 8.86. The van der Waals surface area contributed by atoms with Crippen LogP contribution in [0.15, 0.2) is 4.79 Å². The van der Waals surface area contributed by atoms with E-state index in [0.29, 0.717) is 23.1 Å². The van der Waals surface area contributed by atoms with Crippen LogP contribution in [-0.4, -0.2) is 44.9 Å². The summed E-state index contributed by atoms with van der Waals surface area (Å²) in [4.78, 5) is 59.2. The molecule has 0 aromatic carbocycles. The fraction of sp³-hybridized carbons (Fsp3) is 0.526. The van der Waals surface area contributed by atoms with Crippen LogP contribution in [0.25, 0.3) is 10.2 Å². The van der Waals surface area contributed by atoms with Crippen molar-refractivity contribution in [2.75, 3.05) is 6.54 Å². The predicted octanol–water partition coefficient (Wildman–Crippen LogP) is 2.07. The number of amides is 3. The number of carbonyl (C=O) groups excluding carboxylic acids is 3. The minimum absolute atomic E-state index is 0.224. The maximum atomic E-state index is 12.6. The molecule has 0 radical (unpaired) electrons. The summed E-state index contributed by atoms with van der Waals surface area (Å²) in [5.41, 5.74) is -0.267. The molecule has 10 heteroatoms.